The number of para-hydroxylation sites is 2. The van der Waals surface area contributed by atoms with E-state index in [1.54, 1.807) is 0 Å². The van der Waals surface area contributed by atoms with Gasteiger partial charge in [-0.05, 0) is 97.9 Å². The number of hydrogen-bond donors (Lipinski definition) is 0. The molecule has 0 atom stereocenters. The Labute approximate surface area is 302 Å². The van der Waals surface area contributed by atoms with Crippen LogP contribution < -0.4 is 4.90 Å². The van der Waals surface area contributed by atoms with E-state index >= 15 is 0 Å². The number of rotatable bonds is 6. The Morgan fingerprint density at radius 2 is 0.923 bits per heavy atom. The van der Waals surface area contributed by atoms with Crippen LogP contribution in [0.1, 0.15) is 0 Å². The highest BCUT2D eigenvalue weighted by molar-refractivity contribution is 6.17. The third kappa shape index (κ3) is 5.04. The minimum Gasteiger partial charge on any atom is -0.455 e. The second-order valence-corrected chi connectivity index (χ2v) is 13.3. The van der Waals surface area contributed by atoms with Gasteiger partial charge in [0.25, 0.3) is 0 Å². The molecule has 0 aliphatic heterocycles. The fraction of sp³-hybridized carbons (Fsp3) is 0. The van der Waals surface area contributed by atoms with Crippen molar-refractivity contribution in [1.82, 2.24) is 0 Å². The van der Waals surface area contributed by atoms with Crippen molar-refractivity contribution in [3.63, 3.8) is 0 Å². The molecule has 2 heteroatoms. The summed E-state index contributed by atoms with van der Waals surface area (Å²) in [6.45, 7) is 0. The zero-order chi connectivity index (χ0) is 34.4. The molecule has 0 fully saturated rings. The van der Waals surface area contributed by atoms with E-state index < -0.39 is 0 Å². The van der Waals surface area contributed by atoms with E-state index in [4.69, 9.17) is 4.42 Å². The van der Waals surface area contributed by atoms with Gasteiger partial charge in [0.15, 0.2) is 0 Å². The minimum absolute atomic E-state index is 0.876. The smallest absolute Gasteiger partial charge is 0.145 e. The van der Waals surface area contributed by atoms with Gasteiger partial charge in [0.2, 0.25) is 0 Å². The third-order valence-corrected chi connectivity index (χ3v) is 10.3. The second-order valence-electron chi connectivity index (χ2n) is 13.3. The Hall–Kier alpha value is -6.90. The molecule has 0 aliphatic carbocycles. The van der Waals surface area contributed by atoms with Crippen LogP contribution in [0.3, 0.4) is 0 Å². The molecule has 1 heterocycles. The minimum atomic E-state index is 0.876. The zero-order valence-corrected chi connectivity index (χ0v) is 28.4. The summed E-state index contributed by atoms with van der Waals surface area (Å²) in [6, 6.07) is 71.5. The Morgan fingerprint density at radius 1 is 0.346 bits per heavy atom. The molecule has 244 valence electrons. The van der Waals surface area contributed by atoms with E-state index in [9.17, 15) is 0 Å². The summed E-state index contributed by atoms with van der Waals surface area (Å²) in [7, 11) is 0. The summed E-state index contributed by atoms with van der Waals surface area (Å²) in [4.78, 5) is 2.36. The van der Waals surface area contributed by atoms with E-state index in [1.807, 2.05) is 6.07 Å². The molecule has 0 amide bonds. The van der Waals surface area contributed by atoms with Gasteiger partial charge in [-0.15, -0.1) is 0 Å². The lowest BCUT2D eigenvalue weighted by Crippen LogP contribution is -2.10. The van der Waals surface area contributed by atoms with Crippen LogP contribution in [0, 0.1) is 0 Å². The maximum absolute atomic E-state index is 6.75. The monoisotopic (exact) mass is 663 g/mol. The highest BCUT2D eigenvalue weighted by Gasteiger charge is 2.22. The molecule has 0 N–H and O–H groups in total. The van der Waals surface area contributed by atoms with Crippen LogP contribution in [0.2, 0.25) is 0 Å². The van der Waals surface area contributed by atoms with Gasteiger partial charge in [0.05, 0.1) is 11.1 Å². The van der Waals surface area contributed by atoms with E-state index in [0.29, 0.717) is 0 Å². The molecular formula is C50H33NO. The lowest BCUT2D eigenvalue weighted by atomic mass is 9.93. The molecule has 0 spiro atoms. The first-order valence-corrected chi connectivity index (χ1v) is 17.8. The summed E-state index contributed by atoms with van der Waals surface area (Å²) in [5, 5.41) is 7.12. The van der Waals surface area contributed by atoms with Gasteiger partial charge in [0.1, 0.15) is 11.2 Å². The molecule has 1 aromatic heterocycles. The van der Waals surface area contributed by atoms with Crippen molar-refractivity contribution >= 4 is 60.5 Å². The highest BCUT2D eigenvalue weighted by Crippen LogP contribution is 2.46. The van der Waals surface area contributed by atoms with Gasteiger partial charge in [-0.1, -0.05) is 152 Å². The van der Waals surface area contributed by atoms with E-state index in [-0.39, 0.29) is 0 Å². The fourth-order valence-electron chi connectivity index (χ4n) is 7.81. The molecule has 0 saturated carbocycles. The Kier molecular flexibility index (Phi) is 7.18. The van der Waals surface area contributed by atoms with Crippen molar-refractivity contribution in [2.75, 3.05) is 4.90 Å². The molecule has 0 radical (unpaired) electrons. The number of anilines is 3. The molecule has 10 rings (SSSR count). The lowest BCUT2D eigenvalue weighted by molar-refractivity contribution is 0.670. The van der Waals surface area contributed by atoms with Gasteiger partial charge in [0, 0.05) is 22.3 Å². The number of benzene rings is 9. The van der Waals surface area contributed by atoms with Crippen LogP contribution in [0.5, 0.6) is 0 Å². The first kappa shape index (κ1) is 30.0. The summed E-state index contributed by atoms with van der Waals surface area (Å²) in [5.41, 5.74) is 12.1. The van der Waals surface area contributed by atoms with Crippen LogP contribution in [-0.2, 0) is 0 Å². The SMILES string of the molecule is c1ccc(-c2cccc3c(-c4ccc(N(c5ccccc5)c5ccc(-c6ccc7ccccc7c6)c6oc7ccccc7c56)cc4)cccc23)cc1. The molecule has 0 aliphatic rings. The average molecular weight is 664 g/mol. The van der Waals surface area contributed by atoms with Gasteiger partial charge < -0.3 is 9.32 Å². The van der Waals surface area contributed by atoms with Crippen molar-refractivity contribution in [2.24, 2.45) is 0 Å². The first-order valence-electron chi connectivity index (χ1n) is 17.8. The fourth-order valence-corrected chi connectivity index (χ4v) is 7.81. The normalized spacial score (nSPS) is 11.5. The van der Waals surface area contributed by atoms with Crippen molar-refractivity contribution in [3.05, 3.63) is 200 Å². The van der Waals surface area contributed by atoms with Crippen LogP contribution in [0.25, 0.3) is 76.9 Å². The molecule has 0 saturated heterocycles. The molecular weight excluding hydrogens is 631 g/mol. The third-order valence-electron chi connectivity index (χ3n) is 10.3. The lowest BCUT2D eigenvalue weighted by Gasteiger charge is -2.27. The molecule has 10 aromatic rings. The van der Waals surface area contributed by atoms with E-state index in [0.717, 1.165) is 50.1 Å². The van der Waals surface area contributed by atoms with Crippen LogP contribution >= 0.6 is 0 Å². The standard InChI is InChI=1S/C50H33NO/c1-3-14-35(15-4-1)41-20-11-23-45-42(21-12-22-44(41)45)36-27-29-40(30-28-36)51(39-17-5-2-6-18-39)47-32-31-43(38-26-25-34-13-7-8-16-37(34)33-38)50-49(47)46-19-9-10-24-48(46)52-50/h1-33H. The zero-order valence-electron chi connectivity index (χ0n) is 28.4. The second kappa shape index (κ2) is 12.5. The van der Waals surface area contributed by atoms with E-state index in [2.05, 4.69) is 199 Å². The Balaban J connectivity index is 1.14. The number of fused-ring (bicyclic) bond motifs is 5. The molecule has 2 nitrogen and oxygen atoms in total. The summed E-state index contributed by atoms with van der Waals surface area (Å²) < 4.78 is 6.75. The van der Waals surface area contributed by atoms with Gasteiger partial charge >= 0.3 is 0 Å². The largest absolute Gasteiger partial charge is 0.455 e. The van der Waals surface area contributed by atoms with Crippen molar-refractivity contribution in [1.29, 1.82) is 0 Å². The van der Waals surface area contributed by atoms with Crippen LogP contribution in [-0.4, -0.2) is 0 Å². The predicted octanol–water partition coefficient (Wildman–Crippen LogP) is 14.4. The Bertz CT molecular complexity index is 2890. The van der Waals surface area contributed by atoms with Gasteiger partial charge in [-0.3, -0.25) is 0 Å². The topological polar surface area (TPSA) is 16.4 Å². The Morgan fingerprint density at radius 3 is 1.67 bits per heavy atom. The van der Waals surface area contributed by atoms with Crippen LogP contribution in [0.4, 0.5) is 17.1 Å². The van der Waals surface area contributed by atoms with Crippen LogP contribution in [0.15, 0.2) is 205 Å². The highest BCUT2D eigenvalue weighted by atomic mass is 16.3. The number of hydrogen-bond acceptors (Lipinski definition) is 2. The maximum atomic E-state index is 6.75. The van der Waals surface area contributed by atoms with Crippen molar-refractivity contribution in [2.45, 2.75) is 0 Å². The number of nitrogens with zero attached hydrogens (tertiary/aromatic N) is 1. The van der Waals surface area contributed by atoms with Gasteiger partial charge in [-0.25, -0.2) is 0 Å². The van der Waals surface area contributed by atoms with E-state index in [1.165, 1.54) is 43.8 Å². The predicted molar refractivity (Wildman–Crippen MR) is 220 cm³/mol. The number of furan rings is 1. The maximum Gasteiger partial charge on any atom is 0.145 e. The first-order chi connectivity index (χ1) is 25.8. The molecule has 52 heavy (non-hydrogen) atoms. The summed E-state index contributed by atoms with van der Waals surface area (Å²) in [5.74, 6) is 0. The molecule has 0 unspecified atom stereocenters. The summed E-state index contributed by atoms with van der Waals surface area (Å²) in [6.07, 6.45) is 0. The van der Waals surface area contributed by atoms with Gasteiger partial charge in [-0.2, -0.15) is 0 Å². The van der Waals surface area contributed by atoms with Crippen molar-refractivity contribution < 1.29 is 4.42 Å². The molecule has 9 aromatic carbocycles. The average Bonchev–Trinajstić information content (AvgIpc) is 3.61. The van der Waals surface area contributed by atoms with Crippen molar-refractivity contribution in [3.8, 4) is 33.4 Å². The summed E-state index contributed by atoms with van der Waals surface area (Å²) >= 11 is 0. The molecule has 0 bridgehead atoms. The quantitative estimate of drug-likeness (QED) is 0.176.